The Balaban J connectivity index is 2.22. The lowest BCUT2D eigenvalue weighted by atomic mass is 10.1. The highest BCUT2D eigenvalue weighted by Gasteiger charge is 2.29. The molecule has 0 saturated carbocycles. The van der Waals surface area contributed by atoms with E-state index in [0.717, 1.165) is 17.6 Å². The molecule has 0 spiro atoms. The molecule has 1 aliphatic heterocycles. The Morgan fingerprint density at radius 3 is 3.00 bits per heavy atom. The SMILES string of the molecule is CCCNC(c1c(Br)cnn1CC)C1CSCCS1. The maximum Gasteiger partial charge on any atom is 0.0707 e. The number of nitrogens with one attached hydrogen (secondary N) is 1. The van der Waals surface area contributed by atoms with Crippen LogP contribution in [-0.4, -0.2) is 38.8 Å². The zero-order chi connectivity index (χ0) is 13.7. The van der Waals surface area contributed by atoms with Gasteiger partial charge in [0, 0.05) is 29.1 Å². The number of hydrogen-bond acceptors (Lipinski definition) is 4. The lowest BCUT2D eigenvalue weighted by Crippen LogP contribution is -2.36. The van der Waals surface area contributed by atoms with E-state index in [1.54, 1.807) is 0 Å². The van der Waals surface area contributed by atoms with Crippen molar-refractivity contribution in [3.8, 4) is 0 Å². The molecule has 6 heteroatoms. The minimum atomic E-state index is 0.398. The molecule has 0 aliphatic carbocycles. The molecule has 108 valence electrons. The minimum absolute atomic E-state index is 0.398. The summed E-state index contributed by atoms with van der Waals surface area (Å²) in [5.41, 5.74) is 1.32. The second-order valence-corrected chi connectivity index (χ2v) is 7.96. The highest BCUT2D eigenvalue weighted by molar-refractivity contribution is 9.10. The van der Waals surface area contributed by atoms with Crippen molar-refractivity contribution in [1.29, 1.82) is 0 Å². The Bertz CT molecular complexity index is 391. The highest BCUT2D eigenvalue weighted by Crippen LogP contribution is 2.36. The van der Waals surface area contributed by atoms with Crippen LogP contribution in [0.4, 0.5) is 0 Å². The monoisotopic (exact) mass is 363 g/mol. The van der Waals surface area contributed by atoms with Crippen molar-refractivity contribution in [2.24, 2.45) is 0 Å². The van der Waals surface area contributed by atoms with Gasteiger partial charge in [0.05, 0.1) is 22.4 Å². The van der Waals surface area contributed by atoms with Gasteiger partial charge in [-0.3, -0.25) is 4.68 Å². The lowest BCUT2D eigenvalue weighted by molar-refractivity contribution is 0.478. The van der Waals surface area contributed by atoms with Crippen LogP contribution in [-0.2, 0) is 6.54 Å². The number of nitrogens with zero attached hydrogens (tertiary/aromatic N) is 2. The molecule has 1 aromatic rings. The molecule has 1 N–H and O–H groups in total. The van der Waals surface area contributed by atoms with Crippen LogP contribution in [0.5, 0.6) is 0 Å². The normalized spacial score (nSPS) is 21.5. The predicted octanol–water partition coefficient (Wildman–Crippen LogP) is 3.55. The van der Waals surface area contributed by atoms with Crippen LogP contribution in [0.2, 0.25) is 0 Å². The number of hydrogen-bond donors (Lipinski definition) is 1. The second-order valence-electron chi connectivity index (χ2n) is 4.61. The molecule has 1 aliphatic rings. The topological polar surface area (TPSA) is 29.9 Å². The van der Waals surface area contributed by atoms with Crippen molar-refractivity contribution >= 4 is 39.5 Å². The maximum atomic E-state index is 4.47. The van der Waals surface area contributed by atoms with Gasteiger partial charge in [-0.2, -0.15) is 28.6 Å². The van der Waals surface area contributed by atoms with Crippen LogP contribution in [0.1, 0.15) is 32.0 Å². The van der Waals surface area contributed by atoms with Crippen LogP contribution in [0.15, 0.2) is 10.7 Å². The van der Waals surface area contributed by atoms with E-state index in [4.69, 9.17) is 0 Å². The first-order valence-electron chi connectivity index (χ1n) is 6.91. The third kappa shape index (κ3) is 3.93. The van der Waals surface area contributed by atoms with Crippen molar-refractivity contribution < 1.29 is 0 Å². The summed E-state index contributed by atoms with van der Waals surface area (Å²) in [6, 6.07) is 0.398. The van der Waals surface area contributed by atoms with Gasteiger partial charge >= 0.3 is 0 Å². The van der Waals surface area contributed by atoms with Gasteiger partial charge in [0.25, 0.3) is 0 Å². The first-order chi connectivity index (χ1) is 9.27. The number of aryl methyl sites for hydroxylation is 1. The molecule has 1 aromatic heterocycles. The van der Waals surface area contributed by atoms with Crippen LogP contribution in [0, 0.1) is 0 Å². The fourth-order valence-electron chi connectivity index (χ4n) is 2.34. The number of halogens is 1. The smallest absolute Gasteiger partial charge is 0.0707 e. The summed E-state index contributed by atoms with van der Waals surface area (Å²) in [5.74, 6) is 3.78. The molecule has 2 rings (SSSR count). The number of aromatic nitrogens is 2. The van der Waals surface area contributed by atoms with E-state index in [0.29, 0.717) is 11.3 Å². The molecule has 0 amide bonds. The maximum absolute atomic E-state index is 4.47. The average molecular weight is 364 g/mol. The van der Waals surface area contributed by atoms with E-state index in [1.807, 2.05) is 6.20 Å². The van der Waals surface area contributed by atoms with E-state index in [-0.39, 0.29) is 0 Å². The summed E-state index contributed by atoms with van der Waals surface area (Å²) in [4.78, 5) is 0. The summed E-state index contributed by atoms with van der Waals surface area (Å²) in [6.07, 6.45) is 3.10. The fraction of sp³-hybridized carbons (Fsp3) is 0.769. The number of rotatable bonds is 6. The Labute approximate surface area is 132 Å². The molecule has 2 heterocycles. The molecule has 0 radical (unpaired) electrons. The molecule has 0 aromatic carbocycles. The molecule has 2 unspecified atom stereocenters. The molecule has 1 saturated heterocycles. The van der Waals surface area contributed by atoms with E-state index >= 15 is 0 Å². The third-order valence-electron chi connectivity index (χ3n) is 3.26. The van der Waals surface area contributed by atoms with Gasteiger partial charge in [0.2, 0.25) is 0 Å². The van der Waals surface area contributed by atoms with Crippen LogP contribution in [0.3, 0.4) is 0 Å². The molecule has 0 bridgehead atoms. The number of thioether (sulfide) groups is 2. The average Bonchev–Trinajstić information content (AvgIpc) is 2.82. The van der Waals surface area contributed by atoms with Crippen molar-refractivity contribution in [2.45, 2.75) is 38.1 Å². The Kier molecular flexibility index (Phi) is 6.59. The highest BCUT2D eigenvalue weighted by atomic mass is 79.9. The van der Waals surface area contributed by atoms with Crippen molar-refractivity contribution in [3.05, 3.63) is 16.4 Å². The third-order valence-corrected chi connectivity index (χ3v) is 6.73. The summed E-state index contributed by atoms with van der Waals surface area (Å²) < 4.78 is 3.26. The summed E-state index contributed by atoms with van der Waals surface area (Å²) in [6.45, 7) is 6.37. The fourth-order valence-corrected chi connectivity index (χ4v) is 5.72. The van der Waals surface area contributed by atoms with E-state index in [9.17, 15) is 0 Å². The molecule has 1 fully saturated rings. The summed E-state index contributed by atoms with van der Waals surface area (Å²) in [5, 5.41) is 8.85. The summed E-state index contributed by atoms with van der Waals surface area (Å²) in [7, 11) is 0. The Morgan fingerprint density at radius 2 is 2.37 bits per heavy atom. The van der Waals surface area contributed by atoms with E-state index in [2.05, 4.69) is 68.4 Å². The molecule has 3 nitrogen and oxygen atoms in total. The minimum Gasteiger partial charge on any atom is -0.308 e. The standard InChI is InChI=1S/C13H22BrN3S2/c1-3-5-15-12(11-9-18-6-7-19-11)13-10(14)8-16-17(13)4-2/h8,11-12,15H,3-7,9H2,1-2H3. The molecule has 2 atom stereocenters. The van der Waals surface area contributed by atoms with Gasteiger partial charge < -0.3 is 5.32 Å². The van der Waals surface area contributed by atoms with Crippen molar-refractivity contribution in [3.63, 3.8) is 0 Å². The first-order valence-corrected chi connectivity index (χ1v) is 9.91. The molecular formula is C13H22BrN3S2. The quantitative estimate of drug-likeness (QED) is 0.836. The Morgan fingerprint density at radius 1 is 1.53 bits per heavy atom. The van der Waals surface area contributed by atoms with Crippen LogP contribution < -0.4 is 5.32 Å². The van der Waals surface area contributed by atoms with Gasteiger partial charge in [-0.05, 0) is 35.8 Å². The van der Waals surface area contributed by atoms with Gasteiger partial charge in [0.15, 0.2) is 0 Å². The van der Waals surface area contributed by atoms with Crippen molar-refractivity contribution in [2.75, 3.05) is 23.8 Å². The predicted molar refractivity (Wildman–Crippen MR) is 90.2 cm³/mol. The van der Waals surface area contributed by atoms with Crippen molar-refractivity contribution in [1.82, 2.24) is 15.1 Å². The van der Waals surface area contributed by atoms with Crippen LogP contribution >= 0.6 is 39.5 Å². The van der Waals surface area contributed by atoms with Gasteiger partial charge in [-0.1, -0.05) is 6.92 Å². The Hall–Kier alpha value is 0.350. The largest absolute Gasteiger partial charge is 0.308 e. The lowest BCUT2D eigenvalue weighted by Gasteiger charge is -2.31. The zero-order valence-electron chi connectivity index (χ0n) is 11.6. The van der Waals surface area contributed by atoms with E-state index < -0.39 is 0 Å². The molecular weight excluding hydrogens is 342 g/mol. The van der Waals surface area contributed by atoms with Gasteiger partial charge in [-0.15, -0.1) is 0 Å². The van der Waals surface area contributed by atoms with Crippen LogP contribution in [0.25, 0.3) is 0 Å². The summed E-state index contributed by atoms with van der Waals surface area (Å²) >= 11 is 7.86. The zero-order valence-corrected chi connectivity index (χ0v) is 14.8. The van der Waals surface area contributed by atoms with Gasteiger partial charge in [-0.25, -0.2) is 0 Å². The van der Waals surface area contributed by atoms with E-state index in [1.165, 1.54) is 29.4 Å². The van der Waals surface area contributed by atoms with Gasteiger partial charge in [0.1, 0.15) is 0 Å². The molecule has 19 heavy (non-hydrogen) atoms. The second kappa shape index (κ2) is 7.96. The first kappa shape index (κ1) is 15.7.